The fraction of sp³-hybridized carbons (Fsp3) is 0.222. The van der Waals surface area contributed by atoms with E-state index in [-0.39, 0.29) is 0 Å². The van der Waals surface area contributed by atoms with Crippen molar-refractivity contribution in [3.63, 3.8) is 0 Å². The molecule has 5 nitrogen and oxygen atoms in total. The monoisotopic (exact) mass is 408 g/mol. The fourth-order valence-corrected chi connectivity index (χ4v) is 3.94. The molecular weight excluding hydrogens is 392 g/mol. The van der Waals surface area contributed by atoms with Crippen molar-refractivity contribution in [3.8, 4) is 23.0 Å². The molecule has 3 aromatic rings. The van der Waals surface area contributed by atoms with Crippen LogP contribution in [0.4, 0.5) is 0 Å². The van der Waals surface area contributed by atoms with E-state index >= 15 is 0 Å². The average molecular weight is 409 g/mol. The maximum Gasteiger partial charge on any atom is 0.276 e. The zero-order valence-corrected chi connectivity index (χ0v) is 16.7. The lowest BCUT2D eigenvalue weighted by molar-refractivity contribution is 0.355. The third kappa shape index (κ3) is 4.87. The van der Waals surface area contributed by atoms with E-state index in [9.17, 15) is 0 Å². The summed E-state index contributed by atoms with van der Waals surface area (Å²) in [5.74, 6) is 3.53. The van der Waals surface area contributed by atoms with E-state index in [1.165, 1.54) is 16.7 Å². The summed E-state index contributed by atoms with van der Waals surface area (Å²) in [6.07, 6.45) is 0. The second-order valence-corrected chi connectivity index (χ2v) is 7.74. The quantitative estimate of drug-likeness (QED) is 0.370. The van der Waals surface area contributed by atoms with Gasteiger partial charge in [0.2, 0.25) is 5.89 Å². The zero-order chi connectivity index (χ0) is 18.4. The Labute approximate surface area is 165 Å². The number of methoxy groups -OCH3 is 2. The maximum absolute atomic E-state index is 5.89. The largest absolute Gasteiger partial charge is 0.493 e. The number of halogens is 1. The highest BCUT2D eigenvalue weighted by molar-refractivity contribution is 8.02. The Balaban J connectivity index is 1.55. The predicted octanol–water partition coefficient (Wildman–Crippen LogP) is 5.29. The number of nitrogens with zero attached hydrogens (tertiary/aromatic N) is 2. The summed E-state index contributed by atoms with van der Waals surface area (Å²) in [5, 5.41) is 9.50. The molecule has 0 N–H and O–H groups in total. The number of thioether (sulfide) groups is 2. The van der Waals surface area contributed by atoms with Crippen LogP contribution in [0.3, 0.4) is 0 Å². The van der Waals surface area contributed by atoms with Crippen LogP contribution in [0, 0.1) is 0 Å². The number of hydrogen-bond acceptors (Lipinski definition) is 7. The Kier molecular flexibility index (Phi) is 6.71. The molecule has 0 fully saturated rings. The molecule has 1 heterocycles. The van der Waals surface area contributed by atoms with E-state index in [1.54, 1.807) is 26.0 Å². The molecule has 0 bridgehead atoms. The van der Waals surface area contributed by atoms with Gasteiger partial charge in [-0.2, -0.15) is 0 Å². The summed E-state index contributed by atoms with van der Waals surface area (Å²) >= 11 is 9.18. The van der Waals surface area contributed by atoms with E-state index in [1.807, 2.05) is 42.5 Å². The summed E-state index contributed by atoms with van der Waals surface area (Å²) in [5.41, 5.74) is 0.789. The first-order valence-electron chi connectivity index (χ1n) is 7.76. The van der Waals surface area contributed by atoms with Crippen LogP contribution in [0.15, 0.2) is 57.0 Å². The van der Waals surface area contributed by atoms with Crippen LogP contribution >= 0.6 is 35.1 Å². The minimum atomic E-state index is 0.457. The molecule has 8 heteroatoms. The van der Waals surface area contributed by atoms with Gasteiger partial charge in [-0.25, -0.2) is 0 Å². The van der Waals surface area contributed by atoms with E-state index < -0.39 is 0 Å². The fourth-order valence-electron chi connectivity index (χ4n) is 2.17. The van der Waals surface area contributed by atoms with Gasteiger partial charge in [-0.05, 0) is 42.5 Å². The first-order chi connectivity index (χ1) is 12.7. The first-order valence-corrected chi connectivity index (χ1v) is 10.1. The third-order valence-corrected chi connectivity index (χ3v) is 5.77. The van der Waals surface area contributed by atoms with Crippen LogP contribution in [-0.4, -0.2) is 35.9 Å². The van der Waals surface area contributed by atoms with Gasteiger partial charge >= 0.3 is 0 Å². The van der Waals surface area contributed by atoms with Gasteiger partial charge in [0.1, 0.15) is 0 Å². The van der Waals surface area contributed by atoms with Crippen molar-refractivity contribution in [1.29, 1.82) is 0 Å². The van der Waals surface area contributed by atoms with Gasteiger partial charge < -0.3 is 13.9 Å². The smallest absolute Gasteiger partial charge is 0.276 e. The van der Waals surface area contributed by atoms with Gasteiger partial charge in [0.25, 0.3) is 5.22 Å². The van der Waals surface area contributed by atoms with E-state index in [4.69, 9.17) is 25.5 Å². The number of aromatic nitrogens is 2. The molecule has 0 saturated heterocycles. The molecule has 3 rings (SSSR count). The standard InChI is InChI=1S/C18H17ClN2O3S2/c1-22-15-8-3-12(11-16(15)23-2)17-20-21-18(24-17)26-10-9-25-14-6-4-13(19)5-7-14/h3-8,11H,9-10H2,1-2H3. The molecule has 26 heavy (non-hydrogen) atoms. The molecule has 0 spiro atoms. The van der Waals surface area contributed by atoms with Crippen molar-refractivity contribution in [3.05, 3.63) is 47.5 Å². The summed E-state index contributed by atoms with van der Waals surface area (Å²) < 4.78 is 16.3. The lowest BCUT2D eigenvalue weighted by atomic mass is 10.2. The third-order valence-electron chi connectivity index (χ3n) is 3.43. The average Bonchev–Trinajstić information content (AvgIpc) is 3.15. The molecule has 1 aromatic heterocycles. The van der Waals surface area contributed by atoms with Gasteiger partial charge in [0.05, 0.1) is 14.2 Å². The molecule has 0 atom stereocenters. The van der Waals surface area contributed by atoms with Crippen LogP contribution in [0.2, 0.25) is 5.02 Å². The highest BCUT2D eigenvalue weighted by Crippen LogP contribution is 2.32. The molecule has 2 aromatic carbocycles. The molecule has 0 amide bonds. The molecule has 0 unspecified atom stereocenters. The van der Waals surface area contributed by atoms with Gasteiger partial charge in [-0.1, -0.05) is 23.4 Å². The molecule has 0 radical (unpaired) electrons. The van der Waals surface area contributed by atoms with Crippen molar-refractivity contribution in [2.75, 3.05) is 25.7 Å². The summed E-state index contributed by atoms with van der Waals surface area (Å²) in [7, 11) is 3.19. The zero-order valence-electron chi connectivity index (χ0n) is 14.3. The SMILES string of the molecule is COc1ccc(-c2nnc(SCCSc3ccc(Cl)cc3)o2)cc1OC. The number of benzene rings is 2. The van der Waals surface area contributed by atoms with Crippen molar-refractivity contribution in [2.24, 2.45) is 0 Å². The van der Waals surface area contributed by atoms with Crippen molar-refractivity contribution in [2.45, 2.75) is 10.1 Å². The Hall–Kier alpha value is -1.83. The first kappa shape index (κ1) is 18.9. The topological polar surface area (TPSA) is 57.4 Å². The lowest BCUT2D eigenvalue weighted by Crippen LogP contribution is -1.90. The minimum absolute atomic E-state index is 0.457. The van der Waals surface area contributed by atoms with Crippen LogP contribution in [0.5, 0.6) is 11.5 Å². The predicted molar refractivity (Wildman–Crippen MR) is 106 cm³/mol. The molecule has 136 valence electrons. The Morgan fingerprint density at radius 3 is 2.38 bits per heavy atom. The van der Waals surface area contributed by atoms with Gasteiger partial charge in [0.15, 0.2) is 11.5 Å². The van der Waals surface area contributed by atoms with E-state index in [0.29, 0.717) is 22.6 Å². The summed E-state index contributed by atoms with van der Waals surface area (Å²) in [6, 6.07) is 13.3. The Morgan fingerprint density at radius 2 is 1.65 bits per heavy atom. The Bertz CT molecular complexity index is 856. The minimum Gasteiger partial charge on any atom is -0.493 e. The summed E-state index contributed by atoms with van der Waals surface area (Å²) in [6.45, 7) is 0. The Morgan fingerprint density at radius 1 is 0.923 bits per heavy atom. The number of hydrogen-bond donors (Lipinski definition) is 0. The highest BCUT2D eigenvalue weighted by Gasteiger charge is 2.12. The van der Waals surface area contributed by atoms with Crippen molar-refractivity contribution < 1.29 is 13.9 Å². The van der Waals surface area contributed by atoms with Crippen molar-refractivity contribution >= 4 is 35.1 Å². The molecule has 0 aliphatic rings. The van der Waals surface area contributed by atoms with Crippen LogP contribution in [-0.2, 0) is 0 Å². The van der Waals surface area contributed by atoms with Gasteiger partial charge in [0, 0.05) is 27.0 Å². The second kappa shape index (κ2) is 9.21. The van der Waals surface area contributed by atoms with Gasteiger partial charge in [-0.15, -0.1) is 22.0 Å². The molecule has 0 aliphatic carbocycles. The molecule has 0 aliphatic heterocycles. The second-order valence-electron chi connectivity index (χ2n) is 5.09. The number of ether oxygens (including phenoxy) is 2. The van der Waals surface area contributed by atoms with Gasteiger partial charge in [-0.3, -0.25) is 0 Å². The maximum atomic E-state index is 5.89. The molecule has 0 saturated carbocycles. The van der Waals surface area contributed by atoms with Crippen LogP contribution in [0.1, 0.15) is 0 Å². The van der Waals surface area contributed by atoms with E-state index in [2.05, 4.69) is 10.2 Å². The molecular formula is C18H17ClN2O3S2. The van der Waals surface area contributed by atoms with Crippen molar-refractivity contribution in [1.82, 2.24) is 10.2 Å². The van der Waals surface area contributed by atoms with E-state index in [0.717, 1.165) is 22.1 Å². The van der Waals surface area contributed by atoms with Crippen LogP contribution < -0.4 is 9.47 Å². The lowest BCUT2D eigenvalue weighted by Gasteiger charge is -2.07. The number of rotatable bonds is 8. The highest BCUT2D eigenvalue weighted by atomic mass is 35.5. The summed E-state index contributed by atoms with van der Waals surface area (Å²) in [4.78, 5) is 1.19. The normalized spacial score (nSPS) is 10.7. The van der Waals surface area contributed by atoms with Crippen LogP contribution in [0.25, 0.3) is 11.5 Å².